The van der Waals surface area contributed by atoms with Crippen LogP contribution in [0.2, 0.25) is 19.6 Å². The summed E-state index contributed by atoms with van der Waals surface area (Å²) in [6.45, 7) is 6.89. The van der Waals surface area contributed by atoms with E-state index in [0.717, 1.165) is 30.4 Å². The normalized spacial score (nSPS) is 25.2. The molecule has 1 atom stereocenters. The Morgan fingerprint density at radius 2 is 1.89 bits per heavy atom. The van der Waals surface area contributed by atoms with E-state index < -0.39 is 13.7 Å². The Labute approximate surface area is 117 Å². The van der Waals surface area contributed by atoms with Gasteiger partial charge in [-0.1, -0.05) is 55.4 Å². The molecule has 1 N–H and O–H groups in total. The zero-order valence-electron chi connectivity index (χ0n) is 12.0. The van der Waals surface area contributed by atoms with E-state index in [-0.39, 0.29) is 0 Å². The van der Waals surface area contributed by atoms with Crippen LogP contribution in [0.25, 0.3) is 0 Å². The van der Waals surface area contributed by atoms with E-state index in [1.165, 1.54) is 0 Å². The summed E-state index contributed by atoms with van der Waals surface area (Å²) >= 11 is 0. The van der Waals surface area contributed by atoms with Gasteiger partial charge in [0, 0.05) is 5.56 Å². The Morgan fingerprint density at radius 1 is 1.21 bits per heavy atom. The molecule has 2 heteroatoms. The Kier molecular flexibility index (Phi) is 3.98. The van der Waals surface area contributed by atoms with Crippen LogP contribution in [0.4, 0.5) is 0 Å². The van der Waals surface area contributed by atoms with Crippen LogP contribution in [0, 0.1) is 11.8 Å². The molecule has 1 aliphatic rings. The van der Waals surface area contributed by atoms with Crippen LogP contribution >= 0.6 is 0 Å². The molecule has 0 aromatic heterocycles. The van der Waals surface area contributed by atoms with E-state index >= 15 is 0 Å². The van der Waals surface area contributed by atoms with Gasteiger partial charge in [-0.25, -0.2) is 0 Å². The minimum atomic E-state index is -1.31. The zero-order chi connectivity index (χ0) is 13.9. The summed E-state index contributed by atoms with van der Waals surface area (Å²) < 4.78 is 0. The van der Waals surface area contributed by atoms with E-state index in [1.54, 1.807) is 0 Å². The van der Waals surface area contributed by atoms with E-state index in [0.29, 0.717) is 0 Å². The van der Waals surface area contributed by atoms with Crippen LogP contribution in [-0.4, -0.2) is 18.8 Å². The third-order valence-electron chi connectivity index (χ3n) is 3.31. The van der Waals surface area contributed by atoms with Crippen molar-refractivity contribution in [3.8, 4) is 11.8 Å². The first kappa shape index (κ1) is 14.1. The quantitative estimate of drug-likeness (QED) is 0.608. The highest BCUT2D eigenvalue weighted by Crippen LogP contribution is 2.35. The van der Waals surface area contributed by atoms with Crippen molar-refractivity contribution in [1.82, 2.24) is 0 Å². The largest absolute Gasteiger partial charge is 0.374 e. The fourth-order valence-electron chi connectivity index (χ4n) is 2.46. The molecule has 1 aromatic carbocycles. The second-order valence-electron chi connectivity index (χ2n) is 6.37. The van der Waals surface area contributed by atoms with Crippen LogP contribution in [-0.2, 0) is 0 Å². The average molecular weight is 270 g/mol. The van der Waals surface area contributed by atoms with Gasteiger partial charge in [-0.15, -0.1) is 0 Å². The molecule has 0 spiro atoms. The number of hydrogen-bond acceptors (Lipinski definition) is 1. The van der Waals surface area contributed by atoms with Gasteiger partial charge in [0.25, 0.3) is 0 Å². The molecule has 19 heavy (non-hydrogen) atoms. The first-order valence-electron chi connectivity index (χ1n) is 6.92. The number of aliphatic hydroxyl groups is 1. The second-order valence-corrected chi connectivity index (χ2v) is 11.4. The van der Waals surface area contributed by atoms with Crippen molar-refractivity contribution < 1.29 is 5.11 Å². The fraction of sp³-hybridized carbons (Fsp3) is 0.412. The Balaban J connectivity index is 2.28. The van der Waals surface area contributed by atoms with Gasteiger partial charge in [0.15, 0.2) is 0 Å². The van der Waals surface area contributed by atoms with Crippen molar-refractivity contribution in [3.05, 3.63) is 47.2 Å². The lowest BCUT2D eigenvalue weighted by atomic mass is 9.98. The first-order valence-corrected chi connectivity index (χ1v) is 10.5. The zero-order valence-corrected chi connectivity index (χ0v) is 13.0. The smallest absolute Gasteiger partial charge is 0.147 e. The van der Waals surface area contributed by atoms with Crippen molar-refractivity contribution in [2.45, 2.75) is 44.5 Å². The summed E-state index contributed by atoms with van der Waals surface area (Å²) in [5.74, 6) is 6.22. The highest BCUT2D eigenvalue weighted by Gasteiger charge is 2.35. The van der Waals surface area contributed by atoms with E-state index in [2.05, 4.69) is 37.2 Å². The van der Waals surface area contributed by atoms with Crippen molar-refractivity contribution in [2.24, 2.45) is 0 Å². The highest BCUT2D eigenvalue weighted by molar-refractivity contribution is 6.81. The van der Waals surface area contributed by atoms with Gasteiger partial charge in [0.2, 0.25) is 0 Å². The molecule has 0 radical (unpaired) electrons. The van der Waals surface area contributed by atoms with Gasteiger partial charge in [-0.2, -0.15) is 0 Å². The standard InChI is InChI=1S/C17H22OSi/c1-19(2,3)14-16-10-7-12-17(16,18)13-11-15-8-5-4-6-9-15/h4-6,8-9,14,18H,7,10,12H2,1-3H3/b16-14-/t17-/m0/s1. The molecule has 0 bridgehead atoms. The van der Waals surface area contributed by atoms with Gasteiger partial charge in [-0.05, 0) is 37.0 Å². The lowest BCUT2D eigenvalue weighted by Crippen LogP contribution is -2.28. The lowest BCUT2D eigenvalue weighted by Gasteiger charge is -2.21. The molecule has 1 saturated carbocycles. The minimum absolute atomic E-state index is 0.767. The highest BCUT2D eigenvalue weighted by atomic mass is 28.3. The maximum Gasteiger partial charge on any atom is 0.147 e. The van der Waals surface area contributed by atoms with Crippen LogP contribution < -0.4 is 0 Å². The molecule has 0 aliphatic heterocycles. The van der Waals surface area contributed by atoms with Gasteiger partial charge < -0.3 is 5.11 Å². The number of hydrogen-bond donors (Lipinski definition) is 1. The SMILES string of the molecule is C[Si](C)(C)/C=C1/CCC[C@]1(O)C#Cc1ccccc1. The summed E-state index contributed by atoms with van der Waals surface area (Å²) in [6, 6.07) is 9.88. The molecular formula is C17H22OSi. The molecule has 1 nitrogen and oxygen atoms in total. The molecule has 0 saturated heterocycles. The molecule has 1 fully saturated rings. The van der Waals surface area contributed by atoms with E-state index in [1.807, 2.05) is 30.3 Å². The third-order valence-corrected chi connectivity index (χ3v) is 4.53. The first-order chi connectivity index (χ1) is 8.89. The molecule has 100 valence electrons. The second kappa shape index (κ2) is 5.36. The molecule has 0 amide bonds. The molecule has 2 rings (SSSR count). The Morgan fingerprint density at radius 3 is 2.53 bits per heavy atom. The summed E-state index contributed by atoms with van der Waals surface area (Å²) in [5, 5.41) is 10.8. The summed E-state index contributed by atoms with van der Waals surface area (Å²) in [5.41, 5.74) is 3.54. The molecule has 1 aliphatic carbocycles. The topological polar surface area (TPSA) is 20.2 Å². The summed E-state index contributed by atoms with van der Waals surface area (Å²) in [6.07, 6.45) is 2.80. The number of rotatable bonds is 1. The monoisotopic (exact) mass is 270 g/mol. The predicted octanol–water partition coefficient (Wildman–Crippen LogP) is 3.76. The van der Waals surface area contributed by atoms with Crippen molar-refractivity contribution in [2.75, 3.05) is 0 Å². The van der Waals surface area contributed by atoms with Crippen LogP contribution in [0.1, 0.15) is 24.8 Å². The van der Waals surface area contributed by atoms with Gasteiger partial charge in [0.1, 0.15) is 5.60 Å². The Bertz CT molecular complexity index is 528. The predicted molar refractivity (Wildman–Crippen MR) is 83.5 cm³/mol. The molecular weight excluding hydrogens is 248 g/mol. The van der Waals surface area contributed by atoms with Crippen LogP contribution in [0.5, 0.6) is 0 Å². The average Bonchev–Trinajstić information content (AvgIpc) is 2.68. The molecule has 0 heterocycles. The lowest BCUT2D eigenvalue weighted by molar-refractivity contribution is 0.147. The molecule has 0 unspecified atom stereocenters. The van der Waals surface area contributed by atoms with Gasteiger partial charge in [0.05, 0.1) is 8.07 Å². The van der Waals surface area contributed by atoms with Crippen LogP contribution in [0.3, 0.4) is 0 Å². The molecule has 1 aromatic rings. The van der Waals surface area contributed by atoms with Crippen molar-refractivity contribution >= 4 is 8.07 Å². The maximum atomic E-state index is 10.8. The van der Waals surface area contributed by atoms with Crippen molar-refractivity contribution in [1.29, 1.82) is 0 Å². The van der Waals surface area contributed by atoms with E-state index in [4.69, 9.17) is 0 Å². The minimum Gasteiger partial charge on any atom is -0.374 e. The van der Waals surface area contributed by atoms with Gasteiger partial charge >= 0.3 is 0 Å². The van der Waals surface area contributed by atoms with Crippen molar-refractivity contribution in [3.63, 3.8) is 0 Å². The van der Waals surface area contributed by atoms with Gasteiger partial charge in [-0.3, -0.25) is 0 Å². The maximum absolute atomic E-state index is 10.8. The van der Waals surface area contributed by atoms with E-state index in [9.17, 15) is 5.11 Å². The third kappa shape index (κ3) is 3.83. The fourth-order valence-corrected chi connectivity index (χ4v) is 3.88. The summed E-state index contributed by atoms with van der Waals surface area (Å²) in [7, 11) is -1.31. The summed E-state index contributed by atoms with van der Waals surface area (Å²) in [4.78, 5) is 0. The number of benzene rings is 1. The van der Waals surface area contributed by atoms with Crippen LogP contribution in [0.15, 0.2) is 41.6 Å². The Hall–Kier alpha value is -1.30.